The van der Waals surface area contributed by atoms with Gasteiger partial charge in [0, 0.05) is 32.3 Å². The number of rotatable bonds is 9. The van der Waals surface area contributed by atoms with Gasteiger partial charge in [0.1, 0.15) is 0 Å². The molecule has 1 aliphatic heterocycles. The van der Waals surface area contributed by atoms with Crippen molar-refractivity contribution in [1.29, 1.82) is 0 Å². The molecule has 1 aromatic carbocycles. The molecule has 1 N–H and O–H groups in total. The molecule has 0 saturated carbocycles. The van der Waals surface area contributed by atoms with Gasteiger partial charge in [0.25, 0.3) is 0 Å². The van der Waals surface area contributed by atoms with Crippen LogP contribution in [0.1, 0.15) is 44.3 Å². The van der Waals surface area contributed by atoms with Crippen molar-refractivity contribution in [1.82, 2.24) is 5.32 Å². The van der Waals surface area contributed by atoms with E-state index >= 15 is 0 Å². The van der Waals surface area contributed by atoms with Crippen LogP contribution in [0.15, 0.2) is 30.3 Å². The molecule has 0 bridgehead atoms. The SMILES string of the molecule is CCCOCCCOC(c1ccccc1)[C@@H]1CCCNC1. The fourth-order valence-electron chi connectivity index (χ4n) is 2.90. The molecule has 118 valence electrons. The molecule has 0 aliphatic carbocycles. The Kier molecular flexibility index (Phi) is 7.79. The Balaban J connectivity index is 1.83. The van der Waals surface area contributed by atoms with E-state index in [1.54, 1.807) is 0 Å². The standard InChI is InChI=1S/C18H29NO2/c1-2-12-20-13-7-14-21-18(16-8-4-3-5-9-16)17-10-6-11-19-15-17/h3-5,8-9,17-19H,2,6-7,10-15H2,1H3/t17-,18?/m1/s1. The van der Waals surface area contributed by atoms with Gasteiger partial charge in [0.15, 0.2) is 0 Å². The minimum Gasteiger partial charge on any atom is -0.381 e. The summed E-state index contributed by atoms with van der Waals surface area (Å²) in [6.45, 7) is 6.78. The van der Waals surface area contributed by atoms with Crippen molar-refractivity contribution in [2.75, 3.05) is 32.9 Å². The monoisotopic (exact) mass is 291 g/mol. The van der Waals surface area contributed by atoms with Crippen LogP contribution in [0.2, 0.25) is 0 Å². The van der Waals surface area contributed by atoms with E-state index in [4.69, 9.17) is 9.47 Å². The Morgan fingerprint density at radius 2 is 2.05 bits per heavy atom. The molecule has 0 radical (unpaired) electrons. The second-order valence-electron chi connectivity index (χ2n) is 5.77. The highest BCUT2D eigenvalue weighted by Crippen LogP contribution is 2.30. The van der Waals surface area contributed by atoms with Crippen LogP contribution in [0.25, 0.3) is 0 Å². The van der Waals surface area contributed by atoms with Crippen molar-refractivity contribution in [3.63, 3.8) is 0 Å². The lowest BCUT2D eigenvalue weighted by molar-refractivity contribution is -0.00784. The zero-order valence-electron chi connectivity index (χ0n) is 13.2. The van der Waals surface area contributed by atoms with E-state index in [-0.39, 0.29) is 6.10 Å². The van der Waals surface area contributed by atoms with Crippen LogP contribution in [0.4, 0.5) is 0 Å². The number of nitrogens with one attached hydrogen (secondary N) is 1. The summed E-state index contributed by atoms with van der Waals surface area (Å²) < 4.78 is 11.8. The lowest BCUT2D eigenvalue weighted by Crippen LogP contribution is -2.34. The Morgan fingerprint density at radius 1 is 1.19 bits per heavy atom. The molecule has 1 unspecified atom stereocenters. The molecule has 1 aliphatic rings. The van der Waals surface area contributed by atoms with Gasteiger partial charge in [-0.25, -0.2) is 0 Å². The third-order valence-electron chi connectivity index (χ3n) is 3.97. The first kappa shape index (κ1) is 16.5. The largest absolute Gasteiger partial charge is 0.381 e. The van der Waals surface area contributed by atoms with Crippen LogP contribution in [-0.4, -0.2) is 32.9 Å². The van der Waals surface area contributed by atoms with Gasteiger partial charge in [-0.1, -0.05) is 37.3 Å². The summed E-state index contributed by atoms with van der Waals surface area (Å²) in [4.78, 5) is 0. The number of hydrogen-bond donors (Lipinski definition) is 1. The molecule has 1 saturated heterocycles. The summed E-state index contributed by atoms with van der Waals surface area (Å²) in [5, 5.41) is 3.50. The zero-order valence-corrected chi connectivity index (χ0v) is 13.2. The van der Waals surface area contributed by atoms with Crippen LogP contribution >= 0.6 is 0 Å². The first-order valence-electron chi connectivity index (χ1n) is 8.37. The van der Waals surface area contributed by atoms with E-state index in [0.29, 0.717) is 5.92 Å². The summed E-state index contributed by atoms with van der Waals surface area (Å²) in [6.07, 6.45) is 4.77. The van der Waals surface area contributed by atoms with Gasteiger partial charge in [-0.2, -0.15) is 0 Å². The Bertz CT molecular complexity index is 363. The number of hydrogen-bond acceptors (Lipinski definition) is 3. The molecule has 3 nitrogen and oxygen atoms in total. The number of benzene rings is 1. The van der Waals surface area contributed by atoms with E-state index in [2.05, 4.69) is 42.6 Å². The van der Waals surface area contributed by atoms with E-state index in [9.17, 15) is 0 Å². The van der Waals surface area contributed by atoms with Crippen molar-refractivity contribution in [3.05, 3.63) is 35.9 Å². The van der Waals surface area contributed by atoms with E-state index in [0.717, 1.165) is 45.8 Å². The fourth-order valence-corrected chi connectivity index (χ4v) is 2.90. The van der Waals surface area contributed by atoms with Crippen molar-refractivity contribution in [3.8, 4) is 0 Å². The van der Waals surface area contributed by atoms with Crippen molar-refractivity contribution >= 4 is 0 Å². The third-order valence-corrected chi connectivity index (χ3v) is 3.97. The summed E-state index contributed by atoms with van der Waals surface area (Å²) in [7, 11) is 0. The summed E-state index contributed by atoms with van der Waals surface area (Å²) >= 11 is 0. The number of ether oxygens (including phenoxy) is 2. The zero-order chi connectivity index (χ0) is 14.8. The third kappa shape index (κ3) is 5.77. The second-order valence-corrected chi connectivity index (χ2v) is 5.77. The van der Waals surface area contributed by atoms with Gasteiger partial charge < -0.3 is 14.8 Å². The minimum absolute atomic E-state index is 0.213. The molecule has 0 aromatic heterocycles. The van der Waals surface area contributed by atoms with Gasteiger partial charge in [-0.05, 0) is 37.8 Å². The van der Waals surface area contributed by atoms with Crippen LogP contribution in [0, 0.1) is 5.92 Å². The van der Waals surface area contributed by atoms with Crippen LogP contribution in [0.3, 0.4) is 0 Å². The average Bonchev–Trinajstić information content (AvgIpc) is 2.56. The quantitative estimate of drug-likeness (QED) is 0.706. The van der Waals surface area contributed by atoms with Crippen molar-refractivity contribution in [2.24, 2.45) is 5.92 Å². The molecule has 2 atom stereocenters. The minimum atomic E-state index is 0.213. The Labute approximate surface area is 129 Å². The fraction of sp³-hybridized carbons (Fsp3) is 0.667. The summed E-state index contributed by atoms with van der Waals surface area (Å²) in [5.41, 5.74) is 1.31. The van der Waals surface area contributed by atoms with Crippen molar-refractivity contribution < 1.29 is 9.47 Å². The highest BCUT2D eigenvalue weighted by Gasteiger charge is 2.25. The van der Waals surface area contributed by atoms with Crippen LogP contribution < -0.4 is 5.32 Å². The predicted octanol–water partition coefficient (Wildman–Crippen LogP) is 3.56. The van der Waals surface area contributed by atoms with Gasteiger partial charge in [-0.3, -0.25) is 0 Å². The molecule has 21 heavy (non-hydrogen) atoms. The molecule has 2 rings (SSSR count). The predicted molar refractivity (Wildman–Crippen MR) is 86.5 cm³/mol. The van der Waals surface area contributed by atoms with Crippen LogP contribution in [-0.2, 0) is 9.47 Å². The second kappa shape index (κ2) is 9.93. The molecule has 0 amide bonds. The Hall–Kier alpha value is -0.900. The normalized spacial score (nSPS) is 20.3. The lowest BCUT2D eigenvalue weighted by atomic mass is 9.89. The first-order chi connectivity index (χ1) is 10.4. The van der Waals surface area contributed by atoms with Gasteiger partial charge in [0.05, 0.1) is 6.10 Å². The first-order valence-corrected chi connectivity index (χ1v) is 8.37. The van der Waals surface area contributed by atoms with Gasteiger partial charge in [0.2, 0.25) is 0 Å². The lowest BCUT2D eigenvalue weighted by Gasteiger charge is -2.31. The summed E-state index contributed by atoms with van der Waals surface area (Å²) in [5.74, 6) is 0.581. The molecular formula is C18H29NO2. The molecule has 3 heteroatoms. The maximum absolute atomic E-state index is 6.23. The maximum atomic E-state index is 6.23. The topological polar surface area (TPSA) is 30.5 Å². The van der Waals surface area contributed by atoms with Crippen LogP contribution in [0.5, 0.6) is 0 Å². The molecule has 0 spiro atoms. The maximum Gasteiger partial charge on any atom is 0.0865 e. The van der Waals surface area contributed by atoms with Gasteiger partial charge in [-0.15, -0.1) is 0 Å². The average molecular weight is 291 g/mol. The highest BCUT2D eigenvalue weighted by molar-refractivity contribution is 5.18. The van der Waals surface area contributed by atoms with E-state index in [1.165, 1.54) is 18.4 Å². The van der Waals surface area contributed by atoms with E-state index < -0.39 is 0 Å². The molecule has 1 fully saturated rings. The van der Waals surface area contributed by atoms with E-state index in [1.807, 2.05) is 0 Å². The van der Waals surface area contributed by atoms with Crippen molar-refractivity contribution in [2.45, 2.75) is 38.7 Å². The molecule has 1 heterocycles. The van der Waals surface area contributed by atoms with Gasteiger partial charge >= 0.3 is 0 Å². The molecule has 1 aromatic rings. The number of piperidine rings is 1. The Morgan fingerprint density at radius 3 is 2.76 bits per heavy atom. The molecular weight excluding hydrogens is 262 g/mol. The highest BCUT2D eigenvalue weighted by atomic mass is 16.5. The summed E-state index contributed by atoms with van der Waals surface area (Å²) in [6, 6.07) is 10.6. The smallest absolute Gasteiger partial charge is 0.0865 e.